The molecule has 7 heteroatoms. The molecule has 0 fully saturated rings. The van der Waals surface area contributed by atoms with Crippen molar-refractivity contribution in [1.82, 2.24) is 0 Å². The first kappa shape index (κ1) is 19.1. The maximum Gasteiger partial charge on any atom is 0.265 e. The lowest BCUT2D eigenvalue weighted by atomic mass is 10.2. The molecule has 0 aliphatic heterocycles. The van der Waals surface area contributed by atoms with Crippen molar-refractivity contribution < 1.29 is 14.3 Å². The van der Waals surface area contributed by atoms with Crippen LogP contribution < -0.4 is 15.4 Å². The van der Waals surface area contributed by atoms with Crippen LogP contribution in [0.5, 0.6) is 5.75 Å². The number of halogens is 1. The van der Waals surface area contributed by atoms with E-state index in [1.807, 2.05) is 18.4 Å². The van der Waals surface area contributed by atoms with Crippen molar-refractivity contribution in [3.63, 3.8) is 0 Å². The normalized spacial score (nSPS) is 10.3. The van der Waals surface area contributed by atoms with E-state index in [9.17, 15) is 9.59 Å². The third kappa shape index (κ3) is 4.96. The summed E-state index contributed by atoms with van der Waals surface area (Å²) in [5.74, 6) is 0.315. The van der Waals surface area contributed by atoms with Crippen molar-refractivity contribution in [2.24, 2.45) is 0 Å². The van der Waals surface area contributed by atoms with Crippen molar-refractivity contribution in [2.45, 2.75) is 6.92 Å². The Morgan fingerprint density at radius 1 is 1.00 bits per heavy atom. The number of carbonyl (C=O) groups is 2. The van der Waals surface area contributed by atoms with E-state index in [0.717, 1.165) is 4.47 Å². The molecule has 0 bridgehead atoms. The maximum absolute atomic E-state index is 12.4. The third-order valence-corrected chi connectivity index (χ3v) is 5.13. The first-order valence-electron chi connectivity index (χ1n) is 8.25. The smallest absolute Gasteiger partial charge is 0.265 e. The van der Waals surface area contributed by atoms with Crippen LogP contribution in [0.25, 0.3) is 0 Å². The minimum Gasteiger partial charge on any atom is -0.493 e. The quantitative estimate of drug-likeness (QED) is 0.533. The molecular formula is C20H17BrN2O3S. The Hall–Kier alpha value is -2.64. The van der Waals surface area contributed by atoms with E-state index in [1.165, 1.54) is 11.3 Å². The monoisotopic (exact) mass is 444 g/mol. The first-order valence-corrected chi connectivity index (χ1v) is 9.92. The highest BCUT2D eigenvalue weighted by atomic mass is 79.9. The highest BCUT2D eigenvalue weighted by Crippen LogP contribution is 2.26. The molecule has 27 heavy (non-hydrogen) atoms. The van der Waals surface area contributed by atoms with Crippen LogP contribution in [-0.2, 0) is 0 Å². The molecule has 2 aromatic carbocycles. The second-order valence-electron chi connectivity index (χ2n) is 5.54. The zero-order valence-electron chi connectivity index (χ0n) is 14.5. The molecule has 3 rings (SSSR count). The van der Waals surface area contributed by atoms with Crippen molar-refractivity contribution in [1.29, 1.82) is 0 Å². The van der Waals surface area contributed by atoms with Crippen LogP contribution in [0.2, 0.25) is 0 Å². The molecule has 0 saturated carbocycles. The highest BCUT2D eigenvalue weighted by Gasteiger charge is 2.10. The number of rotatable bonds is 6. The number of anilines is 2. The van der Waals surface area contributed by atoms with Gasteiger partial charge < -0.3 is 15.4 Å². The predicted molar refractivity (Wildman–Crippen MR) is 112 cm³/mol. The van der Waals surface area contributed by atoms with Gasteiger partial charge in [-0.3, -0.25) is 9.59 Å². The molecule has 0 radical (unpaired) electrons. The van der Waals surface area contributed by atoms with Gasteiger partial charge in [-0.25, -0.2) is 0 Å². The Labute approximate surface area is 169 Å². The van der Waals surface area contributed by atoms with Crippen molar-refractivity contribution in [3.8, 4) is 5.75 Å². The van der Waals surface area contributed by atoms with E-state index in [4.69, 9.17) is 4.74 Å². The molecule has 1 aromatic heterocycles. The van der Waals surface area contributed by atoms with Gasteiger partial charge in [0.1, 0.15) is 5.75 Å². The summed E-state index contributed by atoms with van der Waals surface area (Å²) in [6.07, 6.45) is 0. The molecule has 2 amide bonds. The number of thiophene rings is 1. The lowest BCUT2D eigenvalue weighted by molar-refractivity contribution is 0.102. The minimum absolute atomic E-state index is 0.152. The highest BCUT2D eigenvalue weighted by molar-refractivity contribution is 9.10. The average molecular weight is 445 g/mol. The fraction of sp³-hybridized carbons (Fsp3) is 0.100. The van der Waals surface area contributed by atoms with Gasteiger partial charge in [0.2, 0.25) is 0 Å². The Kier molecular flexibility index (Phi) is 6.26. The van der Waals surface area contributed by atoms with Crippen LogP contribution in [0.3, 0.4) is 0 Å². The molecule has 5 nitrogen and oxygen atoms in total. The molecular weight excluding hydrogens is 428 g/mol. The van der Waals surface area contributed by atoms with Gasteiger partial charge in [0.15, 0.2) is 0 Å². The summed E-state index contributed by atoms with van der Waals surface area (Å²) >= 11 is 4.79. The van der Waals surface area contributed by atoms with E-state index >= 15 is 0 Å². The SMILES string of the molecule is CCOc1ccc(C(=O)Nc2ccc(NC(=O)c3cccs3)cc2)cc1Br. The van der Waals surface area contributed by atoms with E-state index in [-0.39, 0.29) is 11.8 Å². The number of carbonyl (C=O) groups excluding carboxylic acids is 2. The zero-order chi connectivity index (χ0) is 19.2. The zero-order valence-corrected chi connectivity index (χ0v) is 16.9. The van der Waals surface area contributed by atoms with Gasteiger partial charge in [-0.2, -0.15) is 0 Å². The minimum atomic E-state index is -0.228. The largest absolute Gasteiger partial charge is 0.493 e. The lowest BCUT2D eigenvalue weighted by Crippen LogP contribution is -2.12. The molecule has 2 N–H and O–H groups in total. The van der Waals surface area contributed by atoms with E-state index in [0.29, 0.717) is 34.2 Å². The number of nitrogens with one attached hydrogen (secondary N) is 2. The third-order valence-electron chi connectivity index (χ3n) is 3.64. The van der Waals surface area contributed by atoms with Gasteiger partial charge in [-0.15, -0.1) is 11.3 Å². The molecule has 0 aliphatic rings. The second kappa shape index (κ2) is 8.83. The van der Waals surface area contributed by atoms with Crippen LogP contribution in [0, 0.1) is 0 Å². The topological polar surface area (TPSA) is 67.4 Å². The Morgan fingerprint density at radius 2 is 1.67 bits per heavy atom. The van der Waals surface area contributed by atoms with Crippen molar-refractivity contribution >= 4 is 50.5 Å². The summed E-state index contributed by atoms with van der Waals surface area (Å²) in [7, 11) is 0. The fourth-order valence-electron chi connectivity index (χ4n) is 2.36. The van der Waals surface area contributed by atoms with Crippen molar-refractivity contribution in [2.75, 3.05) is 17.2 Å². The summed E-state index contributed by atoms with van der Waals surface area (Å²) in [6.45, 7) is 2.46. The van der Waals surface area contributed by atoms with Crippen LogP contribution in [0.1, 0.15) is 27.0 Å². The van der Waals surface area contributed by atoms with Crippen LogP contribution in [0.15, 0.2) is 64.5 Å². The molecule has 138 valence electrons. The molecule has 0 unspecified atom stereocenters. The van der Waals surface area contributed by atoms with Gasteiger partial charge in [0, 0.05) is 16.9 Å². The molecule has 0 spiro atoms. The first-order chi connectivity index (χ1) is 13.1. The van der Waals surface area contributed by atoms with Gasteiger partial charge in [0.25, 0.3) is 11.8 Å². The predicted octanol–water partition coefficient (Wildman–Crippen LogP) is 5.41. The molecule has 1 heterocycles. The van der Waals surface area contributed by atoms with Gasteiger partial charge in [-0.05, 0) is 76.8 Å². The van der Waals surface area contributed by atoms with Gasteiger partial charge >= 0.3 is 0 Å². The molecule has 0 saturated heterocycles. The van der Waals surface area contributed by atoms with E-state index in [2.05, 4.69) is 26.6 Å². The van der Waals surface area contributed by atoms with Crippen LogP contribution in [-0.4, -0.2) is 18.4 Å². The maximum atomic E-state index is 12.4. The molecule has 0 atom stereocenters. The summed E-state index contributed by atoms with van der Waals surface area (Å²) in [6, 6.07) is 15.8. The fourth-order valence-corrected chi connectivity index (χ4v) is 3.47. The van der Waals surface area contributed by atoms with Gasteiger partial charge in [-0.1, -0.05) is 6.07 Å². The number of amides is 2. The number of hydrogen-bond acceptors (Lipinski definition) is 4. The summed E-state index contributed by atoms with van der Waals surface area (Å²) in [4.78, 5) is 25.1. The van der Waals surface area contributed by atoms with Gasteiger partial charge in [0.05, 0.1) is 16.0 Å². The van der Waals surface area contributed by atoms with Crippen LogP contribution >= 0.6 is 27.3 Å². The average Bonchev–Trinajstić information content (AvgIpc) is 3.20. The Balaban J connectivity index is 1.63. The second-order valence-corrected chi connectivity index (χ2v) is 7.34. The number of benzene rings is 2. The Morgan fingerprint density at radius 3 is 2.22 bits per heavy atom. The standard InChI is InChI=1S/C20H17BrN2O3S/c1-2-26-17-10-5-13(12-16(17)21)19(24)22-14-6-8-15(9-7-14)23-20(25)18-4-3-11-27-18/h3-12H,2H2,1H3,(H,22,24)(H,23,25). The van der Waals surface area contributed by atoms with Crippen LogP contribution in [0.4, 0.5) is 11.4 Å². The van der Waals surface area contributed by atoms with E-state index in [1.54, 1.807) is 48.5 Å². The summed E-state index contributed by atoms with van der Waals surface area (Å²) < 4.78 is 6.17. The Bertz CT molecular complexity index is 940. The number of ether oxygens (including phenoxy) is 1. The number of hydrogen-bond donors (Lipinski definition) is 2. The van der Waals surface area contributed by atoms with E-state index < -0.39 is 0 Å². The molecule has 3 aromatic rings. The lowest BCUT2D eigenvalue weighted by Gasteiger charge is -2.10. The summed E-state index contributed by atoms with van der Waals surface area (Å²) in [5, 5.41) is 7.51. The summed E-state index contributed by atoms with van der Waals surface area (Å²) in [5.41, 5.74) is 1.81. The molecule has 0 aliphatic carbocycles. The van der Waals surface area contributed by atoms with Crippen molar-refractivity contribution in [3.05, 3.63) is 74.9 Å².